The molecule has 13 atom stereocenters. The number of benzene rings is 1. The number of rotatable bonds is 12. The number of unbranched alkanes of at least 4 members (excludes halogenated alkanes) is 1. The van der Waals surface area contributed by atoms with Gasteiger partial charge in [0.2, 0.25) is 0 Å². The molecule has 1 aromatic heterocycles. The minimum Gasteiger partial charge on any atom is -0.459 e. The van der Waals surface area contributed by atoms with Gasteiger partial charge in [0.25, 0.3) is 0 Å². The van der Waals surface area contributed by atoms with Gasteiger partial charge in [-0.3, -0.25) is 14.4 Å². The minimum atomic E-state index is -1.78. The maximum absolute atomic E-state index is 14.4. The van der Waals surface area contributed by atoms with Crippen LogP contribution in [0.1, 0.15) is 87.5 Å². The summed E-state index contributed by atoms with van der Waals surface area (Å²) in [6.07, 6.45) is 0.548. The van der Waals surface area contributed by atoms with Crippen LogP contribution < -0.4 is 0 Å². The predicted octanol–water partition coefficient (Wildman–Crippen LogP) is 5.09. The van der Waals surface area contributed by atoms with Crippen LogP contribution in [0.25, 0.3) is 11.3 Å². The Labute approximate surface area is 333 Å². The van der Waals surface area contributed by atoms with Crippen molar-refractivity contribution in [1.29, 1.82) is 0 Å². The van der Waals surface area contributed by atoms with Crippen molar-refractivity contribution in [3.05, 3.63) is 42.9 Å². The SMILES string of the molecule is CC[C@@H]1OC(=O)[C@H](C)C(=O)[C@H](C)[C@@H](O[C@@H]2O[C@H](C)C[C@H](N(C)C)[C@H]2O)[C@@](C)(OC)C[C@@H](C)C(=O)[C@@H](C)C(OCCCCn2cnc(-c3ccccc3)c2)[C@]1(C)O. The molecule has 56 heavy (non-hydrogen) atoms. The molecule has 2 fully saturated rings. The second-order valence-corrected chi connectivity index (χ2v) is 16.8. The monoisotopic (exact) mass is 785 g/mol. The topological polar surface area (TPSA) is 159 Å². The number of aliphatic hydroxyl groups excluding tert-OH is 1. The fourth-order valence-corrected chi connectivity index (χ4v) is 8.58. The molecule has 13 nitrogen and oxygen atoms in total. The van der Waals surface area contributed by atoms with Gasteiger partial charge in [-0.25, -0.2) is 4.98 Å². The number of aromatic nitrogens is 2. The molecule has 13 heteroatoms. The quantitative estimate of drug-likeness (QED) is 0.167. The molecule has 2 aliphatic rings. The molecule has 0 spiro atoms. The smallest absolute Gasteiger partial charge is 0.316 e. The summed E-state index contributed by atoms with van der Waals surface area (Å²) in [5.74, 6) is -5.09. The number of Topliss-reactive ketones (excluding diaryl/α,β-unsaturated/α-hetero) is 2. The first-order valence-corrected chi connectivity index (χ1v) is 20.3. The molecule has 2 aromatic rings. The lowest BCUT2D eigenvalue weighted by molar-refractivity contribution is -0.295. The molecule has 314 valence electrons. The van der Waals surface area contributed by atoms with Crippen molar-refractivity contribution in [2.24, 2.45) is 23.7 Å². The molecule has 0 aliphatic carbocycles. The number of aliphatic hydroxyl groups is 2. The summed E-state index contributed by atoms with van der Waals surface area (Å²) >= 11 is 0. The van der Waals surface area contributed by atoms with Gasteiger partial charge in [0.15, 0.2) is 12.1 Å². The number of aryl methyl sites for hydroxylation is 1. The van der Waals surface area contributed by atoms with Gasteiger partial charge in [0.1, 0.15) is 29.5 Å². The van der Waals surface area contributed by atoms with E-state index in [1.807, 2.05) is 67.0 Å². The first kappa shape index (κ1) is 45.7. The normalized spacial score (nSPS) is 36.7. The lowest BCUT2D eigenvalue weighted by Crippen LogP contribution is -2.60. The molecule has 2 N–H and O–H groups in total. The van der Waals surface area contributed by atoms with Crippen molar-refractivity contribution in [2.75, 3.05) is 27.8 Å². The zero-order chi connectivity index (χ0) is 41.5. The van der Waals surface area contributed by atoms with Crippen molar-refractivity contribution in [1.82, 2.24) is 14.5 Å². The highest BCUT2D eigenvalue weighted by molar-refractivity contribution is 6.00. The third-order valence-corrected chi connectivity index (χ3v) is 12.1. The van der Waals surface area contributed by atoms with E-state index in [2.05, 4.69) is 4.98 Å². The van der Waals surface area contributed by atoms with E-state index in [4.69, 9.17) is 23.7 Å². The molecule has 2 saturated heterocycles. The number of hydrogen-bond acceptors (Lipinski definition) is 12. The molecule has 4 rings (SSSR count). The Kier molecular flexibility index (Phi) is 16.0. The average molecular weight is 786 g/mol. The van der Waals surface area contributed by atoms with Crippen LogP contribution in [-0.4, -0.2) is 124 Å². The summed E-state index contributed by atoms with van der Waals surface area (Å²) in [5, 5.41) is 23.6. The maximum Gasteiger partial charge on any atom is 0.316 e. The van der Waals surface area contributed by atoms with Gasteiger partial charge in [0.05, 0.1) is 35.9 Å². The van der Waals surface area contributed by atoms with E-state index in [1.165, 1.54) is 21.0 Å². The fourth-order valence-electron chi connectivity index (χ4n) is 8.58. The highest BCUT2D eigenvalue weighted by atomic mass is 16.7. The zero-order valence-electron chi connectivity index (χ0n) is 35.3. The van der Waals surface area contributed by atoms with E-state index in [0.717, 1.165) is 17.7 Å². The van der Waals surface area contributed by atoms with E-state index in [9.17, 15) is 24.6 Å². The van der Waals surface area contributed by atoms with E-state index >= 15 is 0 Å². The van der Waals surface area contributed by atoms with Gasteiger partial charge >= 0.3 is 5.97 Å². The van der Waals surface area contributed by atoms with Crippen LogP contribution in [-0.2, 0) is 44.6 Å². The number of hydrogen-bond donors (Lipinski definition) is 2. The highest BCUT2D eigenvalue weighted by Gasteiger charge is 2.52. The van der Waals surface area contributed by atoms with Gasteiger partial charge in [-0.15, -0.1) is 0 Å². The first-order chi connectivity index (χ1) is 26.4. The number of methoxy groups -OCH3 is 1. The summed E-state index contributed by atoms with van der Waals surface area (Å²) < 4.78 is 33.2. The molecule has 3 heterocycles. The Morgan fingerprint density at radius 2 is 1.64 bits per heavy atom. The number of carbonyl (C=O) groups is 3. The zero-order valence-corrected chi connectivity index (χ0v) is 35.3. The van der Waals surface area contributed by atoms with Crippen LogP contribution in [0.3, 0.4) is 0 Å². The number of cyclic esters (lactones) is 1. The van der Waals surface area contributed by atoms with Crippen molar-refractivity contribution in [2.45, 2.75) is 148 Å². The lowest BCUT2D eigenvalue weighted by atomic mass is 9.74. The van der Waals surface area contributed by atoms with E-state index in [-0.39, 0.29) is 37.4 Å². The minimum absolute atomic E-state index is 0.130. The molecule has 1 unspecified atom stereocenters. The van der Waals surface area contributed by atoms with Crippen LogP contribution in [0.5, 0.6) is 0 Å². The first-order valence-electron chi connectivity index (χ1n) is 20.3. The average Bonchev–Trinajstić information content (AvgIpc) is 3.65. The molecule has 0 radical (unpaired) electrons. The van der Waals surface area contributed by atoms with Crippen LogP contribution >= 0.6 is 0 Å². The second-order valence-electron chi connectivity index (χ2n) is 16.8. The van der Waals surface area contributed by atoms with Crippen LogP contribution in [0, 0.1) is 23.7 Å². The molecule has 0 saturated carbocycles. The van der Waals surface area contributed by atoms with E-state index in [0.29, 0.717) is 19.4 Å². The standard InChI is InChI=1S/C43H67N3O10/c1-12-34-43(8,51)39(53-21-17-16-20-46-24-32(44-25-46)31-18-14-13-15-19-31)28(4)35(47)26(2)23-42(7,52-11)38(29(5)36(48)30(6)40(50)55-34)56-41-37(49)33(45(9)10)22-27(3)54-41/h13-15,18-19,24-30,33-34,37-39,41,49,51H,12,16-17,20-23H2,1-11H3/t26-,27-,28-,29+,30-,33+,34+,37-,38-,39?,41+,42+,43-/m1/s1. The third-order valence-electron chi connectivity index (χ3n) is 12.1. The van der Waals surface area contributed by atoms with Crippen LogP contribution in [0.4, 0.5) is 0 Å². The number of ketones is 2. The van der Waals surface area contributed by atoms with Gasteiger partial charge in [0, 0.05) is 55.8 Å². The number of likely N-dealkylation sites (N-methyl/N-ethyl adjacent to an activating group) is 1. The van der Waals surface area contributed by atoms with Crippen molar-refractivity contribution >= 4 is 17.5 Å². The Morgan fingerprint density at radius 1 is 0.982 bits per heavy atom. The van der Waals surface area contributed by atoms with Crippen molar-refractivity contribution < 1.29 is 48.3 Å². The summed E-state index contributed by atoms with van der Waals surface area (Å²) in [7, 11) is 5.24. The summed E-state index contributed by atoms with van der Waals surface area (Å²) in [6.45, 7) is 14.6. The summed E-state index contributed by atoms with van der Waals surface area (Å²) in [5.41, 5.74) is -1.11. The lowest BCUT2D eigenvalue weighted by Gasteiger charge is -2.47. The number of carbonyl (C=O) groups excluding carboxylic acids is 3. The maximum atomic E-state index is 14.4. The van der Waals surface area contributed by atoms with Gasteiger partial charge in [-0.1, -0.05) is 58.0 Å². The highest BCUT2D eigenvalue weighted by Crippen LogP contribution is 2.39. The Bertz CT molecular complexity index is 1580. The van der Waals surface area contributed by atoms with Crippen molar-refractivity contribution in [3.63, 3.8) is 0 Å². The Balaban J connectivity index is 1.59. The van der Waals surface area contributed by atoms with E-state index in [1.54, 1.807) is 40.9 Å². The number of nitrogens with zero attached hydrogens (tertiary/aromatic N) is 3. The van der Waals surface area contributed by atoms with Crippen LogP contribution in [0.15, 0.2) is 42.9 Å². The molecule has 2 aliphatic heterocycles. The number of ether oxygens (including phenoxy) is 5. The molecule has 0 amide bonds. The molecular weight excluding hydrogens is 718 g/mol. The Hall–Kier alpha value is -3.04. The predicted molar refractivity (Wildman–Crippen MR) is 211 cm³/mol. The van der Waals surface area contributed by atoms with Gasteiger partial charge in [-0.05, 0) is 73.9 Å². The van der Waals surface area contributed by atoms with E-state index < -0.39 is 77.3 Å². The fraction of sp³-hybridized carbons (Fsp3) is 0.721. The van der Waals surface area contributed by atoms with Gasteiger partial charge < -0.3 is 43.4 Å². The summed E-state index contributed by atoms with van der Waals surface area (Å²) in [4.78, 5) is 48.8. The Morgan fingerprint density at radius 3 is 2.27 bits per heavy atom. The van der Waals surface area contributed by atoms with Gasteiger partial charge in [-0.2, -0.15) is 0 Å². The molecule has 0 bridgehead atoms. The number of esters is 1. The second kappa shape index (κ2) is 19.6. The largest absolute Gasteiger partial charge is 0.459 e. The number of imidazole rings is 1. The van der Waals surface area contributed by atoms with Crippen LogP contribution in [0.2, 0.25) is 0 Å². The molecule has 1 aromatic carbocycles. The molecular formula is C43H67N3O10. The summed E-state index contributed by atoms with van der Waals surface area (Å²) in [6, 6.07) is 9.68. The third kappa shape index (κ3) is 10.5. The van der Waals surface area contributed by atoms with Crippen molar-refractivity contribution in [3.8, 4) is 11.3 Å².